The third-order valence-corrected chi connectivity index (χ3v) is 5.36. The number of amides is 1. The van der Waals surface area contributed by atoms with Gasteiger partial charge in [0.25, 0.3) is 5.91 Å². The van der Waals surface area contributed by atoms with Crippen LogP contribution in [0.2, 0.25) is 0 Å². The van der Waals surface area contributed by atoms with Gasteiger partial charge in [-0.2, -0.15) is 0 Å². The maximum atomic E-state index is 12.8. The van der Waals surface area contributed by atoms with Crippen molar-refractivity contribution in [3.8, 4) is 0 Å². The van der Waals surface area contributed by atoms with Gasteiger partial charge in [0.05, 0.1) is 12.6 Å². The molecule has 1 atom stereocenters. The number of benzene rings is 1. The molecular formula is C19H25N2OS+. The van der Waals surface area contributed by atoms with Gasteiger partial charge in [0.15, 0.2) is 6.54 Å². The zero-order chi connectivity index (χ0) is 16.2. The van der Waals surface area contributed by atoms with E-state index in [9.17, 15) is 4.79 Å². The minimum Gasteiger partial charge on any atom is -0.338 e. The van der Waals surface area contributed by atoms with E-state index < -0.39 is 0 Å². The van der Waals surface area contributed by atoms with Crippen molar-refractivity contribution in [1.82, 2.24) is 4.90 Å². The first-order valence-corrected chi connectivity index (χ1v) is 9.27. The Morgan fingerprint density at radius 2 is 2.09 bits per heavy atom. The average Bonchev–Trinajstić information content (AvgIpc) is 3.02. The van der Waals surface area contributed by atoms with Gasteiger partial charge in [0, 0.05) is 17.3 Å². The fraction of sp³-hybridized carbons (Fsp3) is 0.421. The molecule has 0 fully saturated rings. The zero-order valence-electron chi connectivity index (χ0n) is 13.9. The fourth-order valence-electron chi connectivity index (χ4n) is 3.24. The summed E-state index contributed by atoms with van der Waals surface area (Å²) in [6.45, 7) is 6.74. The van der Waals surface area contributed by atoms with Gasteiger partial charge in [0.2, 0.25) is 0 Å². The molecule has 0 saturated carbocycles. The van der Waals surface area contributed by atoms with Crippen LogP contribution in [0.4, 0.5) is 0 Å². The molecule has 0 saturated heterocycles. The van der Waals surface area contributed by atoms with E-state index in [-0.39, 0.29) is 11.9 Å². The Kier molecular flexibility index (Phi) is 5.13. The van der Waals surface area contributed by atoms with E-state index in [1.807, 2.05) is 17.4 Å². The molecule has 4 heteroatoms. The summed E-state index contributed by atoms with van der Waals surface area (Å²) < 4.78 is 0. The number of nitrogens with zero attached hydrogens (tertiary/aromatic N) is 1. The summed E-state index contributed by atoms with van der Waals surface area (Å²) in [4.78, 5) is 16.3. The molecule has 0 bridgehead atoms. The highest BCUT2D eigenvalue weighted by Gasteiger charge is 2.33. The first-order chi connectivity index (χ1) is 11.2. The first kappa shape index (κ1) is 16.2. The SMILES string of the molecule is CC(C)C[NH2+]CC(=O)N1CCc2sccc2[C@@H]1c1ccccc1. The number of carbonyl (C=O) groups is 1. The van der Waals surface area contributed by atoms with Crippen LogP contribution in [0, 0.1) is 5.92 Å². The monoisotopic (exact) mass is 329 g/mol. The third kappa shape index (κ3) is 3.65. The molecule has 122 valence electrons. The molecule has 0 unspecified atom stereocenters. The summed E-state index contributed by atoms with van der Waals surface area (Å²) in [5.74, 6) is 0.855. The molecule has 3 nitrogen and oxygen atoms in total. The van der Waals surface area contributed by atoms with E-state index in [2.05, 4.69) is 59.8 Å². The summed E-state index contributed by atoms with van der Waals surface area (Å²) >= 11 is 1.81. The van der Waals surface area contributed by atoms with Gasteiger partial charge in [-0.15, -0.1) is 11.3 Å². The van der Waals surface area contributed by atoms with Crippen molar-refractivity contribution < 1.29 is 10.1 Å². The number of hydrogen-bond acceptors (Lipinski definition) is 2. The van der Waals surface area contributed by atoms with Crippen LogP contribution in [0.5, 0.6) is 0 Å². The minimum atomic E-state index is 0.0751. The topological polar surface area (TPSA) is 36.9 Å². The maximum absolute atomic E-state index is 12.8. The van der Waals surface area contributed by atoms with Crippen molar-refractivity contribution in [2.75, 3.05) is 19.6 Å². The first-order valence-electron chi connectivity index (χ1n) is 8.39. The van der Waals surface area contributed by atoms with Gasteiger partial charge < -0.3 is 10.2 Å². The second-order valence-electron chi connectivity index (χ2n) is 6.57. The van der Waals surface area contributed by atoms with E-state index in [0.717, 1.165) is 19.5 Å². The lowest BCUT2D eigenvalue weighted by molar-refractivity contribution is -0.649. The van der Waals surface area contributed by atoms with E-state index in [1.165, 1.54) is 16.0 Å². The van der Waals surface area contributed by atoms with Gasteiger partial charge in [0.1, 0.15) is 0 Å². The maximum Gasteiger partial charge on any atom is 0.278 e. The Morgan fingerprint density at radius 1 is 1.30 bits per heavy atom. The molecule has 2 N–H and O–H groups in total. The highest BCUT2D eigenvalue weighted by Crippen LogP contribution is 2.37. The molecule has 2 heterocycles. The number of hydrogen-bond donors (Lipinski definition) is 1. The van der Waals surface area contributed by atoms with Gasteiger partial charge in [-0.3, -0.25) is 4.79 Å². The number of carbonyl (C=O) groups excluding carboxylic acids is 1. The van der Waals surface area contributed by atoms with Crippen LogP contribution in [-0.4, -0.2) is 30.4 Å². The van der Waals surface area contributed by atoms with Crippen LogP contribution in [0.15, 0.2) is 41.8 Å². The average molecular weight is 329 g/mol. The van der Waals surface area contributed by atoms with Crippen molar-refractivity contribution in [2.24, 2.45) is 5.92 Å². The molecule has 0 spiro atoms. The molecule has 1 aromatic heterocycles. The summed E-state index contributed by atoms with van der Waals surface area (Å²) in [7, 11) is 0. The van der Waals surface area contributed by atoms with Crippen molar-refractivity contribution in [3.63, 3.8) is 0 Å². The van der Waals surface area contributed by atoms with Crippen molar-refractivity contribution >= 4 is 17.2 Å². The van der Waals surface area contributed by atoms with Gasteiger partial charge in [-0.25, -0.2) is 0 Å². The molecule has 1 aromatic carbocycles. The molecule has 1 aliphatic heterocycles. The van der Waals surface area contributed by atoms with Gasteiger partial charge in [-0.1, -0.05) is 44.2 Å². The highest BCUT2D eigenvalue weighted by atomic mass is 32.1. The van der Waals surface area contributed by atoms with Crippen LogP contribution in [0.3, 0.4) is 0 Å². The van der Waals surface area contributed by atoms with E-state index in [4.69, 9.17) is 0 Å². The Bertz CT molecular complexity index is 650. The largest absolute Gasteiger partial charge is 0.338 e. The fourth-order valence-corrected chi connectivity index (χ4v) is 4.14. The zero-order valence-corrected chi connectivity index (χ0v) is 14.7. The van der Waals surface area contributed by atoms with Gasteiger partial charge in [-0.05, 0) is 29.0 Å². The molecule has 1 aliphatic rings. The number of rotatable bonds is 5. The van der Waals surface area contributed by atoms with Crippen molar-refractivity contribution in [3.05, 3.63) is 57.8 Å². The van der Waals surface area contributed by atoms with Crippen LogP contribution in [-0.2, 0) is 11.2 Å². The number of fused-ring (bicyclic) bond motifs is 1. The molecular weight excluding hydrogens is 304 g/mol. The second kappa shape index (κ2) is 7.28. The predicted molar refractivity (Wildman–Crippen MR) is 94.5 cm³/mol. The van der Waals surface area contributed by atoms with Crippen molar-refractivity contribution in [2.45, 2.75) is 26.3 Å². The van der Waals surface area contributed by atoms with Crippen LogP contribution < -0.4 is 5.32 Å². The third-order valence-electron chi connectivity index (χ3n) is 4.36. The molecule has 0 radical (unpaired) electrons. The minimum absolute atomic E-state index is 0.0751. The van der Waals surface area contributed by atoms with Crippen LogP contribution in [0.1, 0.15) is 35.9 Å². The molecule has 1 amide bonds. The molecule has 3 rings (SSSR count). The Morgan fingerprint density at radius 3 is 2.83 bits per heavy atom. The number of nitrogens with two attached hydrogens (primary N) is 1. The summed E-state index contributed by atoms with van der Waals surface area (Å²) in [5, 5.41) is 4.29. The lowest BCUT2D eigenvalue weighted by Gasteiger charge is -2.36. The van der Waals surface area contributed by atoms with Crippen LogP contribution >= 0.6 is 11.3 Å². The smallest absolute Gasteiger partial charge is 0.278 e. The molecule has 23 heavy (non-hydrogen) atoms. The normalized spacial score (nSPS) is 17.3. The quantitative estimate of drug-likeness (QED) is 0.899. The van der Waals surface area contributed by atoms with Crippen LogP contribution in [0.25, 0.3) is 0 Å². The molecule has 2 aromatic rings. The number of quaternary nitrogens is 1. The summed E-state index contributed by atoms with van der Waals surface area (Å²) in [6, 6.07) is 12.7. The summed E-state index contributed by atoms with van der Waals surface area (Å²) in [6.07, 6.45) is 0.978. The number of thiophene rings is 1. The van der Waals surface area contributed by atoms with E-state index in [1.54, 1.807) is 0 Å². The summed E-state index contributed by atoms with van der Waals surface area (Å²) in [5.41, 5.74) is 2.52. The lowest BCUT2D eigenvalue weighted by atomic mass is 9.93. The lowest BCUT2D eigenvalue weighted by Crippen LogP contribution is -2.87. The standard InChI is InChI=1S/C19H24N2OS/c1-14(2)12-20-13-18(22)21-10-8-17-16(9-11-23-17)19(21)15-6-4-3-5-7-15/h3-7,9,11,14,19-20H,8,10,12-13H2,1-2H3/p+1/t19-/m0/s1. The second-order valence-corrected chi connectivity index (χ2v) is 7.57. The Hall–Kier alpha value is -1.65. The van der Waals surface area contributed by atoms with Crippen molar-refractivity contribution in [1.29, 1.82) is 0 Å². The predicted octanol–water partition coefficient (Wildman–Crippen LogP) is 2.44. The Labute approximate surface area is 142 Å². The molecule has 0 aliphatic carbocycles. The Balaban J connectivity index is 1.83. The highest BCUT2D eigenvalue weighted by molar-refractivity contribution is 7.10. The van der Waals surface area contributed by atoms with E-state index >= 15 is 0 Å². The van der Waals surface area contributed by atoms with Gasteiger partial charge >= 0.3 is 0 Å². The van der Waals surface area contributed by atoms with E-state index in [0.29, 0.717) is 12.5 Å².